The van der Waals surface area contributed by atoms with Crippen LogP contribution in [0, 0.1) is 0 Å². The first-order chi connectivity index (χ1) is 26.0. The summed E-state index contributed by atoms with van der Waals surface area (Å²) in [6.45, 7) is -1.49. The van der Waals surface area contributed by atoms with Crippen LogP contribution >= 0.6 is 34.9 Å². The van der Waals surface area contributed by atoms with E-state index < -0.39 is 98.2 Å². The predicted molar refractivity (Wildman–Crippen MR) is 184 cm³/mol. The number of nitrogens with one attached hydrogen (secondary N) is 4. The van der Waals surface area contributed by atoms with Crippen molar-refractivity contribution in [1.82, 2.24) is 45.5 Å². The zero-order valence-electron chi connectivity index (χ0n) is 27.7. The Balaban J connectivity index is 1.04. The van der Waals surface area contributed by atoms with E-state index in [1.165, 1.54) is 0 Å². The number of aliphatic carboxylic acids is 2. The highest BCUT2D eigenvalue weighted by atomic mass is 35.5. The summed E-state index contributed by atoms with van der Waals surface area (Å²) in [5.41, 5.74) is 5.32. The molecule has 2 aromatic rings. The molecule has 1 aromatic heterocycles. The number of aromatic hydroxyl groups is 2. The maximum atomic E-state index is 13.4. The third-order valence-corrected chi connectivity index (χ3v) is 11.3. The monoisotopic (exact) mass is 825 g/mol. The molecule has 0 radical (unpaired) electrons. The highest BCUT2D eigenvalue weighted by Gasteiger charge is 2.66. The van der Waals surface area contributed by atoms with Gasteiger partial charge in [0.1, 0.15) is 11.4 Å². The van der Waals surface area contributed by atoms with Crippen LogP contribution in [-0.4, -0.2) is 152 Å². The molecule has 3 aliphatic heterocycles. The van der Waals surface area contributed by atoms with Gasteiger partial charge in [-0.15, -0.1) is 0 Å². The van der Waals surface area contributed by atoms with Crippen LogP contribution < -0.4 is 27.1 Å². The van der Waals surface area contributed by atoms with Crippen molar-refractivity contribution in [2.24, 2.45) is 5.16 Å². The number of carboxylic acid groups (broad SMARTS) is 2. The molecule has 4 heterocycles. The molecule has 1 aliphatic carbocycles. The summed E-state index contributed by atoms with van der Waals surface area (Å²) in [5.74, 6) is -9.41. The lowest BCUT2D eigenvalue weighted by Crippen LogP contribution is -2.68. The van der Waals surface area contributed by atoms with Gasteiger partial charge in [0.05, 0.1) is 23.7 Å². The first kappa shape index (κ1) is 38.6. The molecular weight excluding hydrogens is 798 g/mol. The fourth-order valence-corrected chi connectivity index (χ4v) is 7.85. The van der Waals surface area contributed by atoms with E-state index in [0.717, 1.165) is 21.9 Å². The van der Waals surface area contributed by atoms with E-state index >= 15 is 0 Å². The molecule has 0 bridgehead atoms. The minimum Gasteiger partial charge on any atom is -0.504 e. The number of anilines is 1. The van der Waals surface area contributed by atoms with E-state index in [9.17, 15) is 58.8 Å². The summed E-state index contributed by atoms with van der Waals surface area (Å²) < 4.78 is 3.90. The number of aromatic nitrogens is 2. The van der Waals surface area contributed by atoms with E-state index in [2.05, 4.69) is 35.9 Å². The molecule has 1 saturated carbocycles. The Morgan fingerprint density at radius 2 is 1.73 bits per heavy atom. The molecule has 7 amide bonds. The van der Waals surface area contributed by atoms with Gasteiger partial charge in [-0.2, -0.15) is 9.36 Å². The number of phenols is 2. The number of thioether (sulfide) groups is 1. The third kappa shape index (κ3) is 7.12. The van der Waals surface area contributed by atoms with Crippen LogP contribution in [0.25, 0.3) is 0 Å². The first-order valence-electron chi connectivity index (χ1n) is 15.8. The van der Waals surface area contributed by atoms with Crippen molar-refractivity contribution < 1.29 is 63.6 Å². The number of benzene rings is 1. The van der Waals surface area contributed by atoms with Gasteiger partial charge in [0.15, 0.2) is 16.6 Å². The van der Waals surface area contributed by atoms with Gasteiger partial charge in [0, 0.05) is 44.0 Å². The Morgan fingerprint density at radius 3 is 2.36 bits per heavy atom. The van der Waals surface area contributed by atoms with Crippen LogP contribution in [0.4, 0.5) is 9.93 Å². The van der Waals surface area contributed by atoms with Gasteiger partial charge >= 0.3 is 29.8 Å². The Labute approximate surface area is 320 Å². The second-order valence-electron chi connectivity index (χ2n) is 12.1. The van der Waals surface area contributed by atoms with Crippen molar-refractivity contribution in [1.29, 1.82) is 0 Å². The van der Waals surface area contributed by atoms with Crippen molar-refractivity contribution in [3.8, 4) is 11.5 Å². The highest BCUT2D eigenvalue weighted by Crippen LogP contribution is 2.49. The number of hydrazine groups is 1. The Hall–Kier alpha value is -6.15. The number of hydrogen-bond acceptors (Lipinski definition) is 17. The number of carbonyl (C=O) groups is 8. The number of hydrogen-bond donors (Lipinski definition) is 9. The second kappa shape index (κ2) is 14.6. The number of nitrogens with zero attached hydrogens (tertiary/aromatic N) is 6. The number of nitrogen functional groups attached to an aromatic ring is 1. The molecule has 1 aromatic carbocycles. The van der Waals surface area contributed by atoms with Crippen molar-refractivity contribution in [3.05, 3.63) is 28.5 Å². The first-order valence-corrected chi connectivity index (χ1v) is 17.8. The lowest BCUT2D eigenvalue weighted by molar-refractivity contribution is -0.153. The van der Waals surface area contributed by atoms with Gasteiger partial charge in [-0.1, -0.05) is 28.5 Å². The van der Waals surface area contributed by atoms with Gasteiger partial charge in [-0.3, -0.25) is 34.3 Å². The smallest absolute Gasteiger partial charge is 0.350 e. The van der Waals surface area contributed by atoms with Crippen molar-refractivity contribution in [2.75, 3.05) is 38.5 Å². The van der Waals surface area contributed by atoms with Gasteiger partial charge in [0.25, 0.3) is 11.8 Å². The highest BCUT2D eigenvalue weighted by molar-refractivity contribution is 8.02. The van der Waals surface area contributed by atoms with Crippen LogP contribution in [-0.2, 0) is 33.6 Å². The summed E-state index contributed by atoms with van der Waals surface area (Å²) in [6, 6.07) is -0.145. The number of rotatable bonds is 13. The quantitative estimate of drug-likeness (QED) is 0.0243. The minimum atomic E-state index is -2.08. The van der Waals surface area contributed by atoms with Gasteiger partial charge in [0.2, 0.25) is 27.9 Å². The van der Waals surface area contributed by atoms with Crippen molar-refractivity contribution in [2.45, 2.75) is 34.7 Å². The molecule has 4 aliphatic rings. The minimum absolute atomic E-state index is 0.0538. The van der Waals surface area contributed by atoms with Crippen LogP contribution in [0.2, 0.25) is 5.02 Å². The number of urea groups is 1. The molecule has 6 rings (SSSR count). The van der Waals surface area contributed by atoms with Crippen LogP contribution in [0.3, 0.4) is 0 Å². The molecule has 10 N–H and O–H groups in total. The fourth-order valence-electron chi connectivity index (χ4n) is 5.53. The lowest BCUT2D eigenvalue weighted by Gasteiger charge is -2.41. The molecule has 24 nitrogen and oxygen atoms in total. The topological polar surface area (TPSA) is 349 Å². The van der Waals surface area contributed by atoms with E-state index in [1.807, 2.05) is 0 Å². The molecule has 292 valence electrons. The molecular formula is C28H28ClN11O13S2. The van der Waals surface area contributed by atoms with Crippen LogP contribution in [0.15, 0.2) is 17.3 Å². The molecule has 27 heteroatoms. The number of amides is 7. The van der Waals surface area contributed by atoms with E-state index in [1.54, 1.807) is 0 Å². The lowest BCUT2D eigenvalue weighted by atomic mass is 10.1. The normalized spacial score (nSPS) is 22.3. The maximum Gasteiger partial charge on any atom is 0.350 e. The zero-order chi connectivity index (χ0) is 40.0. The summed E-state index contributed by atoms with van der Waals surface area (Å²) in [6.07, 6.45) is 0.246. The zero-order valence-corrected chi connectivity index (χ0v) is 30.1. The number of carbonyl (C=O) groups excluding carboxylic acids is 6. The van der Waals surface area contributed by atoms with E-state index in [-0.39, 0.29) is 55.5 Å². The molecule has 1 unspecified atom stereocenters. The van der Waals surface area contributed by atoms with Crippen LogP contribution in [0.5, 0.6) is 11.5 Å². The van der Waals surface area contributed by atoms with Gasteiger partial charge in [-0.05, 0) is 12.1 Å². The van der Waals surface area contributed by atoms with Gasteiger partial charge < -0.3 is 51.8 Å². The largest absolute Gasteiger partial charge is 0.504 e. The van der Waals surface area contributed by atoms with Crippen molar-refractivity contribution >= 4 is 93.2 Å². The van der Waals surface area contributed by atoms with Gasteiger partial charge in [-0.25, -0.2) is 19.4 Å². The molecule has 3 atom stereocenters. The number of oxime groups is 1. The fraction of sp³-hybridized carbons (Fsp3) is 0.393. The standard InChI is InChI=1S/C28H28ClN11O13S2/c29-12-10(1-2-11(41)15(12)42)17(43)31-5-6-32-19(45)20(46)35-40-8-7-39(26(40)52)28(24(50)51)9-38-21(47)14(22(38)54-28)33-18(44)13(16-34-25(30)55-37-16)36-53-27(3-4-27)23(48)49/h1-2,14,22,41-42H,3-9H2,(H,31,43)(H,32,45)(H,33,44)(H,35,46)(H,48,49)(H,50,51)(H2,30,34,37)/b36-13-/t14?,22-,28-/m1/s1. The molecule has 0 spiro atoms. The average molecular weight is 826 g/mol. The average Bonchev–Trinajstić information content (AvgIpc) is 3.48. The molecule has 4 fully saturated rings. The Bertz CT molecular complexity index is 2060. The Kier molecular flexibility index (Phi) is 10.2. The van der Waals surface area contributed by atoms with E-state index in [0.29, 0.717) is 28.3 Å². The van der Waals surface area contributed by atoms with Crippen molar-refractivity contribution in [3.63, 3.8) is 0 Å². The number of carboxylic acids is 2. The predicted octanol–water partition coefficient (Wildman–Crippen LogP) is -2.98. The number of fused-ring (bicyclic) bond motifs is 1. The number of phenolic OH excluding ortho intramolecular Hbond substituents is 2. The Morgan fingerprint density at radius 1 is 1.02 bits per heavy atom. The molecule has 55 heavy (non-hydrogen) atoms. The second-order valence-corrected chi connectivity index (χ2v) is 14.7. The summed E-state index contributed by atoms with van der Waals surface area (Å²) in [7, 11) is 0. The van der Waals surface area contributed by atoms with Crippen LogP contribution in [0.1, 0.15) is 29.0 Å². The SMILES string of the molecule is Nc1nc(/C(=N/OC2(C(=O)O)CC2)C(=O)NC2C(=O)N3C[C@@](C(=O)O)(N4CCN(NC(=O)C(=O)NCCNC(=O)c5ccc(O)c(O)c5Cl)C4=O)S[C@H]23)ns1. The maximum absolute atomic E-state index is 13.4. The number of halogens is 1. The summed E-state index contributed by atoms with van der Waals surface area (Å²) in [4.78, 5) is 110. The number of β-lactam (4-membered cyclic amide) rings is 1. The summed E-state index contributed by atoms with van der Waals surface area (Å²) >= 11 is 7.23. The third-order valence-electron chi connectivity index (χ3n) is 8.66. The summed E-state index contributed by atoms with van der Waals surface area (Å²) in [5, 5.41) is 48.9. The molecule has 3 saturated heterocycles. The number of nitrogens with two attached hydrogens (primary N) is 1. The van der Waals surface area contributed by atoms with E-state index in [4.69, 9.17) is 22.2 Å².